The van der Waals surface area contributed by atoms with Crippen molar-refractivity contribution in [2.75, 3.05) is 5.75 Å². The molecule has 1 aromatic heterocycles. The molecule has 2 atom stereocenters. The molecule has 0 aliphatic rings. The number of hydrogen-bond donors (Lipinski definition) is 1. The Kier molecular flexibility index (Phi) is 6.30. The van der Waals surface area contributed by atoms with Crippen molar-refractivity contribution in [2.24, 2.45) is 0 Å². The molecule has 1 unspecified atom stereocenters. The first-order valence-electron chi connectivity index (χ1n) is 8.45. The van der Waals surface area contributed by atoms with E-state index in [0.29, 0.717) is 21.6 Å². The highest BCUT2D eigenvalue weighted by molar-refractivity contribution is 7.99. The van der Waals surface area contributed by atoms with Gasteiger partial charge in [0.1, 0.15) is 10.3 Å². The number of fused-ring (bicyclic) bond motifs is 1. The van der Waals surface area contributed by atoms with Gasteiger partial charge in [0.2, 0.25) is 0 Å². The summed E-state index contributed by atoms with van der Waals surface area (Å²) >= 11 is 0.316. The molecule has 0 amide bonds. The third-order valence-electron chi connectivity index (χ3n) is 3.93. The third-order valence-corrected chi connectivity index (χ3v) is 6.55. The van der Waals surface area contributed by atoms with Gasteiger partial charge in [-0.1, -0.05) is 24.8 Å². The van der Waals surface area contributed by atoms with Crippen LogP contribution < -0.4 is 10.2 Å². The van der Waals surface area contributed by atoms with Crippen LogP contribution in [0.5, 0.6) is 0 Å². The van der Waals surface area contributed by atoms with Crippen molar-refractivity contribution >= 4 is 34.1 Å². The standard InChI is InChI=1S/C19H27NO3S2/c1-8-24-18-12(3)16(21)15-10-11(2)9-14(17(15)23-18)13(4)20-25(22)19(5,6)7/h9-10,13,20H,8H2,1-7H3/t13?,25-/m1/s1. The highest BCUT2D eigenvalue weighted by Gasteiger charge is 2.29. The lowest BCUT2D eigenvalue weighted by Crippen LogP contribution is -2.40. The minimum absolute atomic E-state index is 0.00583. The topological polar surface area (TPSA) is 65.3 Å². The highest BCUT2D eigenvalue weighted by atomic mass is 32.2. The van der Waals surface area contributed by atoms with Crippen molar-refractivity contribution in [3.8, 4) is 0 Å². The quantitative estimate of drug-likeness (QED) is 0.604. The summed E-state index contributed by atoms with van der Waals surface area (Å²) in [7, 11) is 0. The molecular weight excluding hydrogens is 354 g/mol. The fourth-order valence-corrected chi connectivity index (χ4v) is 4.05. The predicted octanol–water partition coefficient (Wildman–Crippen LogP) is 4.63. The Morgan fingerprint density at radius 2 is 1.96 bits per heavy atom. The van der Waals surface area contributed by atoms with Crippen molar-refractivity contribution < 1.29 is 8.97 Å². The van der Waals surface area contributed by atoms with Crippen LogP contribution in [0.1, 0.15) is 57.4 Å². The van der Waals surface area contributed by atoms with E-state index >= 15 is 0 Å². The first-order valence-corrected chi connectivity index (χ1v) is 10.6. The lowest BCUT2D eigenvalue weighted by Gasteiger charge is -2.27. The molecule has 1 heterocycles. The van der Waals surface area contributed by atoms with Gasteiger partial charge in [-0.2, -0.15) is 0 Å². The Morgan fingerprint density at radius 3 is 2.52 bits per heavy atom. The van der Waals surface area contributed by atoms with Crippen LogP contribution in [0.3, 0.4) is 0 Å². The molecule has 138 valence electrons. The molecule has 4 nitrogen and oxygen atoms in total. The molecule has 0 saturated heterocycles. The van der Waals surface area contributed by atoms with Gasteiger partial charge in [-0.3, -0.25) is 4.79 Å². The molecule has 2 rings (SSSR count). The summed E-state index contributed by atoms with van der Waals surface area (Å²) in [4.78, 5) is 12.8. The van der Waals surface area contributed by atoms with Crippen LogP contribution in [-0.2, 0) is 11.4 Å². The van der Waals surface area contributed by atoms with Crippen LogP contribution in [0.15, 0.2) is 26.4 Å². The van der Waals surface area contributed by atoms with E-state index in [2.05, 4.69) is 4.72 Å². The zero-order chi connectivity index (χ0) is 18.9. The lowest BCUT2D eigenvalue weighted by molar-refractivity contribution is 0.484. The zero-order valence-electron chi connectivity index (χ0n) is 16.0. The summed E-state index contributed by atoms with van der Waals surface area (Å²) in [6, 6.07) is 3.66. The molecular formula is C19H27NO3S2. The average Bonchev–Trinajstić information content (AvgIpc) is 2.51. The van der Waals surface area contributed by atoms with E-state index in [1.54, 1.807) is 0 Å². The molecule has 0 radical (unpaired) electrons. The fourth-order valence-electron chi connectivity index (χ4n) is 2.54. The molecule has 0 aliphatic carbocycles. The zero-order valence-corrected chi connectivity index (χ0v) is 17.6. The first-order chi connectivity index (χ1) is 11.6. The highest BCUT2D eigenvalue weighted by Crippen LogP contribution is 2.31. The molecule has 0 bridgehead atoms. The van der Waals surface area contributed by atoms with Gasteiger partial charge in [-0.05, 0) is 58.9 Å². The summed E-state index contributed by atoms with van der Waals surface area (Å²) < 4.78 is 21.4. The van der Waals surface area contributed by atoms with Crippen LogP contribution >= 0.6 is 11.8 Å². The Hall–Kier alpha value is -0.950. The second-order valence-corrected chi connectivity index (χ2v) is 10.5. The van der Waals surface area contributed by atoms with E-state index in [-0.39, 0.29) is 16.2 Å². The summed E-state index contributed by atoms with van der Waals surface area (Å²) in [5, 5.41) is 1.25. The van der Waals surface area contributed by atoms with Gasteiger partial charge in [-0.15, -0.1) is 4.72 Å². The molecule has 1 N–H and O–H groups in total. The van der Waals surface area contributed by atoms with E-state index in [9.17, 15) is 9.35 Å². The first kappa shape index (κ1) is 20.4. The number of benzene rings is 1. The fraction of sp³-hybridized carbons (Fsp3) is 0.526. The molecule has 0 fully saturated rings. The molecule has 1 aromatic carbocycles. The van der Waals surface area contributed by atoms with Crippen LogP contribution in [0, 0.1) is 13.8 Å². The molecule has 25 heavy (non-hydrogen) atoms. The molecule has 0 saturated carbocycles. The van der Waals surface area contributed by atoms with Crippen molar-refractivity contribution in [1.29, 1.82) is 0 Å². The monoisotopic (exact) mass is 381 g/mol. The normalized spacial score (nSPS) is 14.7. The predicted molar refractivity (Wildman–Crippen MR) is 108 cm³/mol. The minimum atomic E-state index is -1.21. The Balaban J connectivity index is 2.61. The summed E-state index contributed by atoms with van der Waals surface area (Å²) in [5.74, 6) is 0.832. The van der Waals surface area contributed by atoms with E-state index in [0.717, 1.165) is 16.9 Å². The number of thioether (sulfide) groups is 1. The molecule has 6 heteroatoms. The van der Waals surface area contributed by atoms with Gasteiger partial charge in [0.15, 0.2) is 10.5 Å². The lowest BCUT2D eigenvalue weighted by atomic mass is 10.0. The molecule has 0 spiro atoms. The smallest absolute Gasteiger partial charge is 0.196 e. The van der Waals surface area contributed by atoms with Gasteiger partial charge in [0, 0.05) is 22.5 Å². The maximum Gasteiger partial charge on any atom is 0.196 e. The maximum atomic E-state index is 12.8. The van der Waals surface area contributed by atoms with Crippen molar-refractivity contribution in [3.05, 3.63) is 39.0 Å². The van der Waals surface area contributed by atoms with Gasteiger partial charge < -0.3 is 8.97 Å². The SMILES string of the molecule is CCSc1oc2c(C(C)N[S@+]([O-])C(C)(C)C)cc(C)cc2c(=O)c1C. The van der Waals surface area contributed by atoms with Crippen molar-refractivity contribution in [3.63, 3.8) is 0 Å². The summed E-state index contributed by atoms with van der Waals surface area (Å²) in [5.41, 5.74) is 3.09. The number of nitrogens with one attached hydrogen (secondary N) is 1. The molecule has 2 aromatic rings. The summed E-state index contributed by atoms with van der Waals surface area (Å²) in [6.07, 6.45) is 0. The molecule has 0 aliphatic heterocycles. The van der Waals surface area contributed by atoms with Gasteiger partial charge in [0.05, 0.1) is 11.4 Å². The van der Waals surface area contributed by atoms with E-state index in [1.165, 1.54) is 11.8 Å². The second kappa shape index (κ2) is 7.74. The second-order valence-electron chi connectivity index (χ2n) is 7.23. The Labute approximate surface area is 157 Å². The average molecular weight is 382 g/mol. The minimum Gasteiger partial charge on any atom is -0.598 e. The van der Waals surface area contributed by atoms with Gasteiger partial charge >= 0.3 is 0 Å². The van der Waals surface area contributed by atoms with E-state index in [4.69, 9.17) is 4.42 Å². The number of rotatable bonds is 5. The van der Waals surface area contributed by atoms with Crippen LogP contribution in [-0.4, -0.2) is 15.1 Å². The Morgan fingerprint density at radius 1 is 1.32 bits per heavy atom. The van der Waals surface area contributed by atoms with Crippen molar-refractivity contribution in [1.82, 2.24) is 4.72 Å². The van der Waals surface area contributed by atoms with E-state index in [1.807, 2.05) is 60.6 Å². The number of hydrogen-bond acceptors (Lipinski definition) is 5. The van der Waals surface area contributed by atoms with Crippen LogP contribution in [0.2, 0.25) is 0 Å². The maximum absolute atomic E-state index is 12.8. The summed E-state index contributed by atoms with van der Waals surface area (Å²) in [6.45, 7) is 13.5. The number of aryl methyl sites for hydroxylation is 1. The van der Waals surface area contributed by atoms with E-state index < -0.39 is 11.4 Å². The van der Waals surface area contributed by atoms with Gasteiger partial charge in [0.25, 0.3) is 0 Å². The van der Waals surface area contributed by atoms with Crippen LogP contribution in [0.4, 0.5) is 0 Å². The van der Waals surface area contributed by atoms with Gasteiger partial charge in [-0.25, -0.2) is 0 Å². The van der Waals surface area contributed by atoms with Crippen LogP contribution in [0.25, 0.3) is 11.0 Å². The Bertz CT molecular complexity index is 824. The third kappa shape index (κ3) is 4.42. The largest absolute Gasteiger partial charge is 0.598 e. The van der Waals surface area contributed by atoms with Crippen molar-refractivity contribution in [2.45, 2.75) is 64.3 Å².